The third kappa shape index (κ3) is 3.94. The molecule has 11 heteroatoms. The lowest BCUT2D eigenvalue weighted by atomic mass is 10.3. The van der Waals surface area contributed by atoms with Crippen LogP contribution in [0.25, 0.3) is 27.4 Å². The molecule has 0 amide bonds. The number of halogens is 3. The number of carbonyl (C=O) groups excluding carboxylic acids is 1. The predicted molar refractivity (Wildman–Crippen MR) is 119 cm³/mol. The molecule has 0 N–H and O–H groups in total. The smallest absolute Gasteiger partial charge is 0.378 e. The molecular weight excluding hydrogens is 467 g/mol. The van der Waals surface area contributed by atoms with E-state index >= 15 is 0 Å². The molecule has 1 unspecified atom stereocenters. The van der Waals surface area contributed by atoms with Crippen LogP contribution in [0.15, 0.2) is 66.0 Å². The molecule has 2 aromatic carbocycles. The topological polar surface area (TPSA) is 74.8 Å². The minimum absolute atomic E-state index is 0.0963. The molecule has 0 aliphatic carbocycles. The molecule has 0 bridgehead atoms. The first kappa shape index (κ1) is 21.8. The Labute approximate surface area is 195 Å². The number of hydrogen-bond acceptors (Lipinski definition) is 6. The molecule has 1 atom stereocenters. The number of rotatable bonds is 6. The molecule has 0 aliphatic rings. The van der Waals surface area contributed by atoms with Crippen LogP contribution in [0.2, 0.25) is 0 Å². The van der Waals surface area contributed by atoms with Crippen molar-refractivity contribution in [2.24, 2.45) is 0 Å². The molecule has 5 aromatic rings. The Hall–Kier alpha value is -3.99. The Morgan fingerprint density at radius 1 is 1.03 bits per heavy atom. The number of alkyl halides is 2. The van der Waals surface area contributed by atoms with Crippen molar-refractivity contribution >= 4 is 28.3 Å². The average Bonchev–Trinajstić information content (AvgIpc) is 3.57. The second kappa shape index (κ2) is 8.75. The molecule has 172 valence electrons. The minimum Gasteiger partial charge on any atom is -0.449 e. The molecule has 0 radical (unpaired) electrons. The van der Waals surface area contributed by atoms with E-state index in [1.54, 1.807) is 24.3 Å². The zero-order chi connectivity index (χ0) is 23.8. The van der Waals surface area contributed by atoms with Crippen molar-refractivity contribution in [3.63, 3.8) is 0 Å². The maximum Gasteiger partial charge on any atom is 0.378 e. The van der Waals surface area contributed by atoms with Gasteiger partial charge in [-0.05, 0) is 54.8 Å². The van der Waals surface area contributed by atoms with Crippen LogP contribution >= 0.6 is 11.3 Å². The van der Waals surface area contributed by atoms with Gasteiger partial charge in [0, 0.05) is 0 Å². The van der Waals surface area contributed by atoms with E-state index in [1.165, 1.54) is 53.3 Å². The molecule has 0 aliphatic heterocycles. The van der Waals surface area contributed by atoms with Gasteiger partial charge in [-0.15, -0.1) is 16.4 Å². The van der Waals surface area contributed by atoms with Crippen molar-refractivity contribution in [3.8, 4) is 16.4 Å². The summed E-state index contributed by atoms with van der Waals surface area (Å²) in [7, 11) is 0. The summed E-state index contributed by atoms with van der Waals surface area (Å²) >= 11 is 1.39. The zero-order valence-corrected chi connectivity index (χ0v) is 18.4. The summed E-state index contributed by atoms with van der Waals surface area (Å²) in [5.41, 5.74) is 1.08. The minimum atomic E-state index is -2.87. The maximum atomic E-state index is 13.8. The Bertz CT molecular complexity index is 1460. The van der Waals surface area contributed by atoms with Crippen molar-refractivity contribution in [3.05, 3.63) is 83.5 Å². The van der Waals surface area contributed by atoms with Crippen molar-refractivity contribution < 1.29 is 22.7 Å². The fraction of sp³-hybridized carbons (Fsp3) is 0.130. The van der Waals surface area contributed by atoms with Crippen LogP contribution in [-0.2, 0) is 4.74 Å². The maximum absolute atomic E-state index is 13.8. The van der Waals surface area contributed by atoms with E-state index in [9.17, 15) is 18.0 Å². The second-order valence-corrected chi connectivity index (χ2v) is 8.23. The summed E-state index contributed by atoms with van der Waals surface area (Å²) in [6.07, 6.45) is -1.10. The average molecular weight is 483 g/mol. The summed E-state index contributed by atoms with van der Waals surface area (Å²) in [6.45, 7) is -1.42. The number of nitrogens with zero attached hydrogens (tertiary/aromatic N) is 5. The number of hydrogen-bond donors (Lipinski definition) is 0. The van der Waals surface area contributed by atoms with Gasteiger partial charge in [0.25, 0.3) is 5.82 Å². The van der Waals surface area contributed by atoms with E-state index in [4.69, 9.17) is 4.74 Å². The number of para-hydroxylation sites is 2. The van der Waals surface area contributed by atoms with Crippen LogP contribution in [0, 0.1) is 5.82 Å². The normalized spacial score (nSPS) is 12.4. The molecule has 34 heavy (non-hydrogen) atoms. The van der Waals surface area contributed by atoms with Gasteiger partial charge >= 0.3 is 12.5 Å². The van der Waals surface area contributed by atoms with Crippen LogP contribution in [0.1, 0.15) is 36.0 Å². The molecule has 3 aromatic heterocycles. The van der Waals surface area contributed by atoms with Crippen LogP contribution in [0.3, 0.4) is 0 Å². The Kier molecular flexibility index (Phi) is 5.62. The van der Waals surface area contributed by atoms with Crippen LogP contribution in [-0.4, -0.2) is 30.3 Å². The fourth-order valence-corrected chi connectivity index (χ4v) is 4.25. The number of thiophene rings is 1. The first-order chi connectivity index (χ1) is 16.4. The number of aromatic nitrogens is 5. The molecule has 0 saturated carbocycles. The molecule has 0 spiro atoms. The third-order valence-corrected chi connectivity index (χ3v) is 5.93. The SMILES string of the molecule is CC(OC(=O)c1nc(-c2cccs2)n(-c2ccc(F)cc2)n1)c1nc2ccccc2n1C(F)F. The van der Waals surface area contributed by atoms with Gasteiger partial charge in [0.05, 0.1) is 21.6 Å². The van der Waals surface area contributed by atoms with Crippen molar-refractivity contribution in [2.75, 3.05) is 0 Å². The lowest BCUT2D eigenvalue weighted by Gasteiger charge is -2.14. The highest BCUT2D eigenvalue weighted by Crippen LogP contribution is 2.29. The highest BCUT2D eigenvalue weighted by Gasteiger charge is 2.27. The monoisotopic (exact) mass is 483 g/mol. The summed E-state index contributed by atoms with van der Waals surface area (Å²) < 4.78 is 48.5. The van der Waals surface area contributed by atoms with Crippen LogP contribution in [0.5, 0.6) is 0 Å². The standard InChI is InChI=1S/C23H16F3N5O2S/c1-13(20-27-16-5-2-3-6-17(16)30(20)23(25)26)33-22(32)19-28-21(18-7-4-12-34-18)31(29-19)15-10-8-14(24)9-11-15/h2-13,23H,1H3. The number of ether oxygens (including phenoxy) is 1. The van der Waals surface area contributed by atoms with Gasteiger partial charge in [0.15, 0.2) is 17.8 Å². The van der Waals surface area contributed by atoms with Gasteiger partial charge in [-0.25, -0.2) is 18.9 Å². The van der Waals surface area contributed by atoms with E-state index in [2.05, 4.69) is 15.1 Å². The van der Waals surface area contributed by atoms with E-state index in [0.717, 1.165) is 9.44 Å². The van der Waals surface area contributed by atoms with Crippen molar-refractivity contribution in [1.82, 2.24) is 24.3 Å². The highest BCUT2D eigenvalue weighted by atomic mass is 32.1. The Morgan fingerprint density at radius 2 is 1.79 bits per heavy atom. The van der Waals surface area contributed by atoms with Crippen molar-refractivity contribution in [2.45, 2.75) is 19.6 Å². The summed E-state index contributed by atoms with van der Waals surface area (Å²) in [4.78, 5) is 22.2. The molecule has 7 nitrogen and oxygen atoms in total. The van der Waals surface area contributed by atoms with Gasteiger partial charge in [0.2, 0.25) is 0 Å². The first-order valence-corrected chi connectivity index (χ1v) is 11.0. The van der Waals surface area contributed by atoms with Crippen LogP contribution in [0.4, 0.5) is 13.2 Å². The van der Waals surface area contributed by atoms with Gasteiger partial charge in [0.1, 0.15) is 5.82 Å². The predicted octanol–water partition coefficient (Wildman–Crippen LogP) is 5.80. The van der Waals surface area contributed by atoms with Gasteiger partial charge in [-0.1, -0.05) is 18.2 Å². The van der Waals surface area contributed by atoms with E-state index in [-0.39, 0.29) is 17.2 Å². The first-order valence-electron chi connectivity index (χ1n) is 10.1. The number of benzene rings is 2. The van der Waals surface area contributed by atoms with E-state index in [0.29, 0.717) is 17.0 Å². The highest BCUT2D eigenvalue weighted by molar-refractivity contribution is 7.13. The lowest BCUT2D eigenvalue weighted by Crippen LogP contribution is -2.16. The number of esters is 1. The van der Waals surface area contributed by atoms with Crippen molar-refractivity contribution in [1.29, 1.82) is 0 Å². The number of fused-ring (bicyclic) bond motifs is 1. The Morgan fingerprint density at radius 3 is 2.50 bits per heavy atom. The molecule has 0 saturated heterocycles. The largest absolute Gasteiger partial charge is 0.449 e. The number of imidazole rings is 1. The molecule has 3 heterocycles. The van der Waals surface area contributed by atoms with Gasteiger partial charge < -0.3 is 4.74 Å². The molecule has 0 fully saturated rings. The molecule has 5 rings (SSSR count). The Balaban J connectivity index is 1.49. The number of carbonyl (C=O) groups is 1. The van der Waals surface area contributed by atoms with Crippen LogP contribution < -0.4 is 0 Å². The lowest BCUT2D eigenvalue weighted by molar-refractivity contribution is 0.0221. The van der Waals surface area contributed by atoms with Gasteiger partial charge in [-0.3, -0.25) is 4.57 Å². The zero-order valence-electron chi connectivity index (χ0n) is 17.6. The second-order valence-electron chi connectivity index (χ2n) is 7.28. The molecular formula is C23H16F3N5O2S. The summed E-state index contributed by atoms with van der Waals surface area (Å²) in [5.74, 6) is -1.32. The summed E-state index contributed by atoms with van der Waals surface area (Å²) in [6, 6.07) is 15.6. The quantitative estimate of drug-likeness (QED) is 0.286. The third-order valence-electron chi connectivity index (χ3n) is 5.07. The summed E-state index contributed by atoms with van der Waals surface area (Å²) in [5, 5.41) is 6.09. The van der Waals surface area contributed by atoms with E-state index < -0.39 is 24.4 Å². The van der Waals surface area contributed by atoms with E-state index in [1.807, 2.05) is 11.4 Å². The van der Waals surface area contributed by atoms with Gasteiger partial charge in [-0.2, -0.15) is 13.8 Å². The fourth-order valence-electron chi connectivity index (χ4n) is 3.55.